The predicted octanol–water partition coefficient (Wildman–Crippen LogP) is 4.93. The van der Waals surface area contributed by atoms with Gasteiger partial charge in [0.2, 0.25) is 0 Å². The monoisotopic (exact) mass is 255 g/mol. The van der Waals surface area contributed by atoms with Gasteiger partial charge in [-0.25, -0.2) is 0 Å². The van der Waals surface area contributed by atoms with Crippen LogP contribution < -0.4 is 5.32 Å². The topological polar surface area (TPSA) is 12.0 Å². The fraction of sp³-hybridized carbons (Fsp3) is 0.444. The standard InChI is InChI=1S/C18H25N/c1-4-14(5-2)18(19-6-3)17-12-11-15-9-7-8-10-16(15)13-17/h7-14,18-19H,4-6H2,1-3H3. The largest absolute Gasteiger partial charge is 0.310 e. The molecule has 19 heavy (non-hydrogen) atoms. The first-order valence-corrected chi connectivity index (χ1v) is 7.52. The highest BCUT2D eigenvalue weighted by Gasteiger charge is 2.19. The van der Waals surface area contributed by atoms with Gasteiger partial charge in [-0.15, -0.1) is 0 Å². The van der Waals surface area contributed by atoms with E-state index in [0.29, 0.717) is 12.0 Å². The molecule has 2 aromatic rings. The molecule has 0 aliphatic rings. The van der Waals surface area contributed by atoms with Crippen molar-refractivity contribution in [2.75, 3.05) is 6.54 Å². The molecule has 1 N–H and O–H groups in total. The Kier molecular flexibility index (Phi) is 4.98. The molecule has 0 spiro atoms. The lowest BCUT2D eigenvalue weighted by molar-refractivity contribution is 0.347. The fourth-order valence-electron chi connectivity index (χ4n) is 2.94. The Labute approximate surface area is 117 Å². The Bertz CT molecular complexity index is 514. The van der Waals surface area contributed by atoms with E-state index in [9.17, 15) is 0 Å². The van der Waals surface area contributed by atoms with Crippen LogP contribution in [0.15, 0.2) is 42.5 Å². The number of hydrogen-bond donors (Lipinski definition) is 1. The quantitative estimate of drug-likeness (QED) is 0.772. The summed E-state index contributed by atoms with van der Waals surface area (Å²) in [6, 6.07) is 16.0. The first-order chi connectivity index (χ1) is 9.30. The van der Waals surface area contributed by atoms with Gasteiger partial charge in [-0.2, -0.15) is 0 Å². The molecule has 0 radical (unpaired) electrons. The second-order valence-electron chi connectivity index (χ2n) is 5.22. The van der Waals surface area contributed by atoms with Crippen LogP contribution in [0.3, 0.4) is 0 Å². The van der Waals surface area contributed by atoms with Gasteiger partial charge in [-0.3, -0.25) is 0 Å². The van der Waals surface area contributed by atoms with E-state index in [1.54, 1.807) is 0 Å². The Morgan fingerprint density at radius 3 is 2.21 bits per heavy atom. The zero-order chi connectivity index (χ0) is 13.7. The van der Waals surface area contributed by atoms with Gasteiger partial charge in [-0.05, 0) is 34.9 Å². The minimum Gasteiger partial charge on any atom is -0.310 e. The van der Waals surface area contributed by atoms with Gasteiger partial charge in [0.1, 0.15) is 0 Å². The summed E-state index contributed by atoms with van der Waals surface area (Å²) in [5.41, 5.74) is 1.43. The van der Waals surface area contributed by atoms with E-state index in [-0.39, 0.29) is 0 Å². The van der Waals surface area contributed by atoms with Crippen molar-refractivity contribution < 1.29 is 0 Å². The summed E-state index contributed by atoms with van der Waals surface area (Å²) in [4.78, 5) is 0. The normalized spacial score (nSPS) is 13.1. The first kappa shape index (κ1) is 14.1. The van der Waals surface area contributed by atoms with E-state index in [1.165, 1.54) is 29.2 Å². The van der Waals surface area contributed by atoms with Crippen molar-refractivity contribution in [2.45, 2.75) is 39.7 Å². The maximum atomic E-state index is 3.67. The molecule has 2 aromatic carbocycles. The molecule has 1 nitrogen and oxygen atoms in total. The van der Waals surface area contributed by atoms with E-state index < -0.39 is 0 Å². The molecular formula is C18H25N. The first-order valence-electron chi connectivity index (χ1n) is 7.52. The highest BCUT2D eigenvalue weighted by Crippen LogP contribution is 2.29. The molecule has 0 amide bonds. The molecule has 0 aliphatic heterocycles. The van der Waals surface area contributed by atoms with E-state index in [1.807, 2.05) is 0 Å². The lowest BCUT2D eigenvalue weighted by atomic mass is 9.88. The van der Waals surface area contributed by atoms with Gasteiger partial charge in [0.05, 0.1) is 0 Å². The summed E-state index contributed by atoms with van der Waals surface area (Å²) in [5, 5.41) is 6.33. The van der Waals surface area contributed by atoms with E-state index >= 15 is 0 Å². The Morgan fingerprint density at radius 1 is 0.895 bits per heavy atom. The maximum Gasteiger partial charge on any atom is 0.0348 e. The number of rotatable bonds is 6. The lowest BCUT2D eigenvalue weighted by Gasteiger charge is -2.27. The summed E-state index contributed by atoms with van der Waals surface area (Å²) >= 11 is 0. The zero-order valence-electron chi connectivity index (χ0n) is 12.3. The van der Waals surface area contributed by atoms with Crippen LogP contribution in [0, 0.1) is 5.92 Å². The number of benzene rings is 2. The smallest absolute Gasteiger partial charge is 0.0348 e. The summed E-state index contributed by atoms with van der Waals surface area (Å²) in [6.07, 6.45) is 2.45. The summed E-state index contributed by atoms with van der Waals surface area (Å²) in [6.45, 7) is 7.80. The molecule has 0 bridgehead atoms. The van der Waals surface area contributed by atoms with Gasteiger partial charge in [0, 0.05) is 6.04 Å². The summed E-state index contributed by atoms with van der Waals surface area (Å²) in [5.74, 6) is 0.709. The Hall–Kier alpha value is -1.34. The number of nitrogens with one attached hydrogen (secondary N) is 1. The molecule has 0 aromatic heterocycles. The van der Waals surface area contributed by atoms with Crippen molar-refractivity contribution in [1.82, 2.24) is 5.32 Å². The molecule has 1 heteroatoms. The van der Waals surface area contributed by atoms with Crippen molar-refractivity contribution in [2.24, 2.45) is 5.92 Å². The van der Waals surface area contributed by atoms with Crippen LogP contribution in [0.1, 0.15) is 45.2 Å². The van der Waals surface area contributed by atoms with Gasteiger partial charge in [0.25, 0.3) is 0 Å². The highest BCUT2D eigenvalue weighted by atomic mass is 14.9. The van der Waals surface area contributed by atoms with Crippen LogP contribution in [-0.4, -0.2) is 6.54 Å². The van der Waals surface area contributed by atoms with Crippen LogP contribution in [0.25, 0.3) is 10.8 Å². The summed E-state index contributed by atoms with van der Waals surface area (Å²) in [7, 11) is 0. The third-order valence-corrected chi connectivity index (χ3v) is 4.08. The molecule has 1 atom stereocenters. The highest BCUT2D eigenvalue weighted by molar-refractivity contribution is 5.83. The van der Waals surface area contributed by atoms with Crippen molar-refractivity contribution in [1.29, 1.82) is 0 Å². The van der Waals surface area contributed by atoms with Crippen molar-refractivity contribution in [3.63, 3.8) is 0 Å². The molecule has 0 saturated heterocycles. The summed E-state index contributed by atoms with van der Waals surface area (Å²) < 4.78 is 0. The zero-order valence-corrected chi connectivity index (χ0v) is 12.3. The third-order valence-electron chi connectivity index (χ3n) is 4.08. The maximum absolute atomic E-state index is 3.67. The van der Waals surface area contributed by atoms with Gasteiger partial charge in [-0.1, -0.05) is 70.0 Å². The predicted molar refractivity (Wildman–Crippen MR) is 84.4 cm³/mol. The number of fused-ring (bicyclic) bond motifs is 1. The Morgan fingerprint density at radius 2 is 1.58 bits per heavy atom. The minimum atomic E-state index is 0.476. The SMILES string of the molecule is CCNC(c1ccc2ccccc2c1)C(CC)CC. The molecule has 0 saturated carbocycles. The van der Waals surface area contributed by atoms with E-state index in [0.717, 1.165) is 6.54 Å². The van der Waals surface area contributed by atoms with E-state index in [2.05, 4.69) is 68.6 Å². The fourth-order valence-corrected chi connectivity index (χ4v) is 2.94. The Balaban J connectivity index is 2.37. The average molecular weight is 255 g/mol. The van der Waals surface area contributed by atoms with Crippen molar-refractivity contribution >= 4 is 10.8 Å². The van der Waals surface area contributed by atoms with Crippen molar-refractivity contribution in [3.05, 3.63) is 48.0 Å². The number of hydrogen-bond acceptors (Lipinski definition) is 1. The molecule has 0 heterocycles. The second-order valence-corrected chi connectivity index (χ2v) is 5.22. The second kappa shape index (κ2) is 6.72. The molecule has 0 aliphatic carbocycles. The van der Waals surface area contributed by atoms with Gasteiger partial charge < -0.3 is 5.32 Å². The van der Waals surface area contributed by atoms with Crippen LogP contribution in [0.2, 0.25) is 0 Å². The molecule has 1 unspecified atom stereocenters. The van der Waals surface area contributed by atoms with Crippen LogP contribution >= 0.6 is 0 Å². The average Bonchev–Trinajstić information content (AvgIpc) is 2.47. The third kappa shape index (κ3) is 3.16. The lowest BCUT2D eigenvalue weighted by Crippen LogP contribution is -2.27. The van der Waals surface area contributed by atoms with Crippen LogP contribution in [0.4, 0.5) is 0 Å². The molecule has 102 valence electrons. The van der Waals surface area contributed by atoms with Gasteiger partial charge >= 0.3 is 0 Å². The molecular weight excluding hydrogens is 230 g/mol. The van der Waals surface area contributed by atoms with Crippen molar-refractivity contribution in [3.8, 4) is 0 Å². The van der Waals surface area contributed by atoms with Crippen LogP contribution in [0.5, 0.6) is 0 Å². The van der Waals surface area contributed by atoms with Gasteiger partial charge in [0.15, 0.2) is 0 Å². The van der Waals surface area contributed by atoms with E-state index in [4.69, 9.17) is 0 Å². The molecule has 0 fully saturated rings. The molecule has 2 rings (SSSR count). The van der Waals surface area contributed by atoms with Crippen LogP contribution in [-0.2, 0) is 0 Å². The minimum absolute atomic E-state index is 0.476.